The van der Waals surface area contributed by atoms with Crippen LogP contribution in [0.25, 0.3) is 11.1 Å². The molecule has 1 amide bonds. The van der Waals surface area contributed by atoms with Crippen molar-refractivity contribution in [1.82, 2.24) is 9.97 Å². The smallest absolute Gasteiger partial charge is 0.264 e. The minimum atomic E-state index is -3.85. The van der Waals surface area contributed by atoms with Crippen LogP contribution in [0.15, 0.2) is 96.0 Å². The van der Waals surface area contributed by atoms with E-state index in [1.807, 2.05) is 42.5 Å². The van der Waals surface area contributed by atoms with Crippen LogP contribution in [-0.4, -0.2) is 24.3 Å². The van der Waals surface area contributed by atoms with Gasteiger partial charge in [0.25, 0.3) is 15.9 Å². The molecule has 0 atom stereocenters. The Morgan fingerprint density at radius 2 is 1.47 bits per heavy atom. The van der Waals surface area contributed by atoms with E-state index in [1.165, 1.54) is 30.5 Å². The normalized spacial score (nSPS) is 11.0. The number of amides is 1. The van der Waals surface area contributed by atoms with Gasteiger partial charge in [-0.3, -0.25) is 4.79 Å². The molecule has 4 rings (SSSR count). The summed E-state index contributed by atoms with van der Waals surface area (Å²) in [6.45, 7) is 1.74. The lowest BCUT2D eigenvalue weighted by Crippen LogP contribution is -2.15. The Hall–Kier alpha value is -4.04. The second-order valence-corrected chi connectivity index (χ2v) is 8.73. The number of aryl methyl sites for hydroxylation is 1. The fourth-order valence-electron chi connectivity index (χ4n) is 3.04. The first kappa shape index (κ1) is 21.2. The number of rotatable bonds is 6. The SMILES string of the molecule is Cc1ccnc(NS(=O)(=O)c2ccc(NC(=O)c3ccc(-c4ccccc4)cc3)cc2)n1. The molecule has 4 aromatic rings. The van der Waals surface area contributed by atoms with E-state index in [0.29, 0.717) is 16.9 Å². The maximum Gasteiger partial charge on any atom is 0.264 e. The average Bonchev–Trinajstić information content (AvgIpc) is 2.80. The van der Waals surface area contributed by atoms with Gasteiger partial charge >= 0.3 is 0 Å². The topological polar surface area (TPSA) is 101 Å². The minimum absolute atomic E-state index is 0.00123. The molecule has 0 radical (unpaired) electrons. The van der Waals surface area contributed by atoms with Crippen molar-refractivity contribution in [3.05, 3.63) is 102 Å². The van der Waals surface area contributed by atoms with E-state index in [9.17, 15) is 13.2 Å². The van der Waals surface area contributed by atoms with Crippen molar-refractivity contribution in [2.75, 3.05) is 10.0 Å². The van der Waals surface area contributed by atoms with Gasteiger partial charge in [-0.15, -0.1) is 0 Å². The van der Waals surface area contributed by atoms with Crippen LogP contribution >= 0.6 is 0 Å². The number of anilines is 2. The third kappa shape index (κ3) is 4.98. The fraction of sp³-hybridized carbons (Fsp3) is 0.0417. The Bertz CT molecular complexity index is 1340. The summed E-state index contributed by atoms with van der Waals surface area (Å²) in [7, 11) is -3.85. The Balaban J connectivity index is 1.43. The van der Waals surface area contributed by atoms with Crippen molar-refractivity contribution in [1.29, 1.82) is 0 Å². The molecular formula is C24H20N4O3S. The van der Waals surface area contributed by atoms with Crippen LogP contribution in [-0.2, 0) is 10.0 Å². The molecule has 1 heterocycles. The van der Waals surface area contributed by atoms with Gasteiger partial charge in [0.15, 0.2) is 0 Å². The number of benzene rings is 3. The van der Waals surface area contributed by atoms with Gasteiger partial charge in [0.1, 0.15) is 0 Å². The lowest BCUT2D eigenvalue weighted by Gasteiger charge is -2.09. The molecule has 2 N–H and O–H groups in total. The second kappa shape index (κ2) is 8.99. The zero-order valence-electron chi connectivity index (χ0n) is 17.2. The molecule has 0 spiro atoms. The van der Waals surface area contributed by atoms with Gasteiger partial charge < -0.3 is 5.32 Å². The van der Waals surface area contributed by atoms with Crippen molar-refractivity contribution in [2.24, 2.45) is 0 Å². The molecule has 0 bridgehead atoms. The van der Waals surface area contributed by atoms with Crippen LogP contribution in [0.1, 0.15) is 16.1 Å². The van der Waals surface area contributed by atoms with E-state index in [1.54, 1.807) is 25.1 Å². The minimum Gasteiger partial charge on any atom is -0.322 e. The molecule has 160 valence electrons. The van der Waals surface area contributed by atoms with E-state index in [0.717, 1.165) is 11.1 Å². The number of nitrogens with one attached hydrogen (secondary N) is 2. The molecule has 0 fully saturated rings. The highest BCUT2D eigenvalue weighted by Gasteiger charge is 2.16. The number of hydrogen-bond donors (Lipinski definition) is 2. The molecule has 0 unspecified atom stereocenters. The maximum absolute atomic E-state index is 12.6. The first-order valence-electron chi connectivity index (χ1n) is 9.80. The summed E-state index contributed by atoms with van der Waals surface area (Å²) in [5.41, 5.74) is 3.71. The molecule has 0 aliphatic heterocycles. The van der Waals surface area contributed by atoms with E-state index in [-0.39, 0.29) is 16.8 Å². The van der Waals surface area contributed by atoms with Gasteiger partial charge in [0, 0.05) is 23.1 Å². The van der Waals surface area contributed by atoms with Crippen LogP contribution in [0.2, 0.25) is 0 Å². The zero-order valence-corrected chi connectivity index (χ0v) is 18.0. The number of aromatic nitrogens is 2. The van der Waals surface area contributed by atoms with Crippen molar-refractivity contribution in [3.8, 4) is 11.1 Å². The van der Waals surface area contributed by atoms with Crippen molar-refractivity contribution in [2.45, 2.75) is 11.8 Å². The predicted molar refractivity (Wildman–Crippen MR) is 124 cm³/mol. The predicted octanol–water partition coefficient (Wildman–Crippen LogP) is 4.51. The molecule has 0 aliphatic carbocycles. The Morgan fingerprint density at radius 3 is 2.12 bits per heavy atom. The van der Waals surface area contributed by atoms with E-state index >= 15 is 0 Å². The highest BCUT2D eigenvalue weighted by Crippen LogP contribution is 2.21. The largest absolute Gasteiger partial charge is 0.322 e. The number of sulfonamides is 1. The lowest BCUT2D eigenvalue weighted by atomic mass is 10.0. The summed E-state index contributed by atoms with van der Waals surface area (Å²) in [6.07, 6.45) is 1.48. The number of hydrogen-bond acceptors (Lipinski definition) is 5. The first-order valence-corrected chi connectivity index (χ1v) is 11.3. The van der Waals surface area contributed by atoms with Crippen LogP contribution in [0, 0.1) is 6.92 Å². The fourth-order valence-corrected chi connectivity index (χ4v) is 3.99. The molecule has 3 aromatic carbocycles. The van der Waals surface area contributed by atoms with Gasteiger partial charge in [0.05, 0.1) is 4.90 Å². The molecule has 0 saturated heterocycles. The average molecular weight is 445 g/mol. The third-order valence-corrected chi connectivity index (χ3v) is 6.04. The van der Waals surface area contributed by atoms with Gasteiger partial charge in [-0.25, -0.2) is 23.1 Å². The van der Waals surface area contributed by atoms with Gasteiger partial charge in [0.2, 0.25) is 5.95 Å². The molecule has 32 heavy (non-hydrogen) atoms. The van der Waals surface area contributed by atoms with Crippen molar-refractivity contribution < 1.29 is 13.2 Å². The summed E-state index contributed by atoms with van der Waals surface area (Å²) in [5, 5.41) is 2.77. The molecular weight excluding hydrogens is 424 g/mol. The maximum atomic E-state index is 12.6. The Morgan fingerprint density at radius 1 is 0.812 bits per heavy atom. The lowest BCUT2D eigenvalue weighted by molar-refractivity contribution is 0.102. The van der Waals surface area contributed by atoms with E-state index < -0.39 is 10.0 Å². The first-order chi connectivity index (χ1) is 15.4. The zero-order chi connectivity index (χ0) is 22.6. The quantitative estimate of drug-likeness (QED) is 0.456. The van der Waals surface area contributed by atoms with E-state index in [4.69, 9.17) is 0 Å². The summed E-state index contributed by atoms with van der Waals surface area (Å²) in [4.78, 5) is 20.5. The standard InChI is InChI=1S/C24H20N4O3S/c1-17-15-16-25-24(26-17)28-32(30,31)22-13-11-21(12-14-22)27-23(29)20-9-7-19(8-10-20)18-5-3-2-4-6-18/h2-16H,1H3,(H,27,29)(H,25,26,28). The van der Waals surface area contributed by atoms with Crippen molar-refractivity contribution >= 4 is 27.6 Å². The summed E-state index contributed by atoms with van der Waals surface area (Å²) in [5.74, 6) is -0.284. The molecule has 0 aliphatic rings. The molecule has 8 heteroatoms. The highest BCUT2D eigenvalue weighted by atomic mass is 32.2. The van der Waals surface area contributed by atoms with Crippen LogP contribution in [0.3, 0.4) is 0 Å². The molecule has 1 aromatic heterocycles. The van der Waals surface area contributed by atoms with Crippen LogP contribution in [0.5, 0.6) is 0 Å². The Kier molecular flexibility index (Phi) is 5.96. The van der Waals surface area contributed by atoms with Crippen LogP contribution in [0.4, 0.5) is 11.6 Å². The van der Waals surface area contributed by atoms with Gasteiger partial charge in [-0.05, 0) is 60.5 Å². The number of carbonyl (C=O) groups excluding carboxylic acids is 1. The molecule has 7 nitrogen and oxygen atoms in total. The highest BCUT2D eigenvalue weighted by molar-refractivity contribution is 7.92. The Labute approximate surface area is 186 Å². The monoisotopic (exact) mass is 444 g/mol. The van der Waals surface area contributed by atoms with Gasteiger partial charge in [-0.1, -0.05) is 42.5 Å². The summed E-state index contributed by atoms with van der Waals surface area (Å²) < 4.78 is 27.4. The van der Waals surface area contributed by atoms with E-state index in [2.05, 4.69) is 20.0 Å². The number of nitrogens with zero attached hydrogens (tertiary/aromatic N) is 2. The van der Waals surface area contributed by atoms with Gasteiger partial charge in [-0.2, -0.15) is 0 Å². The number of carbonyl (C=O) groups is 1. The third-order valence-electron chi connectivity index (χ3n) is 4.70. The second-order valence-electron chi connectivity index (χ2n) is 7.05. The van der Waals surface area contributed by atoms with Crippen molar-refractivity contribution in [3.63, 3.8) is 0 Å². The summed E-state index contributed by atoms with van der Waals surface area (Å²) in [6, 6.07) is 24.7. The molecule has 0 saturated carbocycles. The summed E-state index contributed by atoms with van der Waals surface area (Å²) >= 11 is 0. The van der Waals surface area contributed by atoms with Crippen LogP contribution < -0.4 is 10.0 Å².